The molecule has 1 rings (SSSR count). The lowest BCUT2D eigenvalue weighted by atomic mass is 9.47. The molecule has 0 amide bonds. The fraction of sp³-hybridized carbons (Fsp3) is 0.727. The van der Waals surface area contributed by atoms with Crippen molar-refractivity contribution in [1.82, 2.24) is 10.2 Å². The number of nitrogens with one attached hydrogen (secondary N) is 1. The molecule has 0 saturated carbocycles. The molecular formula is C11H18BN2O2S3. The van der Waals surface area contributed by atoms with Crippen LogP contribution in [0.25, 0.3) is 0 Å². The second-order valence-electron chi connectivity index (χ2n) is 5.17. The van der Waals surface area contributed by atoms with Crippen LogP contribution >= 0.6 is 35.3 Å². The third-order valence-corrected chi connectivity index (χ3v) is 4.57. The number of carbonyl (C=O) groups excluding carboxylic acids is 1. The lowest BCUT2D eigenvalue weighted by Gasteiger charge is -2.30. The molecule has 1 aromatic heterocycles. The van der Waals surface area contributed by atoms with Crippen molar-refractivity contribution in [1.29, 1.82) is 0 Å². The first-order valence-corrected chi connectivity index (χ1v) is 7.99. The topological polar surface area (TPSA) is 55.0 Å². The van der Waals surface area contributed by atoms with Crippen molar-refractivity contribution in [2.24, 2.45) is 0 Å². The number of hydrogen-bond donors (Lipinski definition) is 1. The van der Waals surface area contributed by atoms with Gasteiger partial charge in [-0.25, -0.2) is 0 Å². The summed E-state index contributed by atoms with van der Waals surface area (Å²) in [4.78, 5) is 11.9. The molecule has 1 radical (unpaired) electrons. The number of nitrogens with zero attached hydrogens (tertiary/aromatic N) is 1. The first-order valence-electron chi connectivity index (χ1n) is 5.95. The van der Waals surface area contributed by atoms with Crippen LogP contribution in [0.1, 0.15) is 34.6 Å². The molecule has 4 nitrogen and oxygen atoms in total. The van der Waals surface area contributed by atoms with Crippen molar-refractivity contribution < 1.29 is 9.53 Å². The van der Waals surface area contributed by atoms with Gasteiger partial charge in [0.1, 0.15) is 0 Å². The Morgan fingerprint density at radius 2 is 2.16 bits per heavy atom. The number of thioether (sulfide) groups is 1. The predicted molar refractivity (Wildman–Crippen MR) is 83.7 cm³/mol. The van der Waals surface area contributed by atoms with E-state index in [-0.39, 0.29) is 10.6 Å². The van der Waals surface area contributed by atoms with E-state index in [0.717, 1.165) is 4.34 Å². The highest BCUT2D eigenvalue weighted by atomic mass is 32.2. The smallest absolute Gasteiger partial charge is 0.303 e. The Bertz CT molecular complexity index is 496. The van der Waals surface area contributed by atoms with Gasteiger partial charge in [-0.05, 0) is 23.8 Å². The Labute approximate surface area is 128 Å². The van der Waals surface area contributed by atoms with Crippen LogP contribution in [0.2, 0.25) is 5.31 Å². The van der Waals surface area contributed by atoms with Gasteiger partial charge in [0.05, 0.1) is 6.61 Å². The highest BCUT2D eigenvalue weighted by Gasteiger charge is 2.38. The molecule has 105 valence electrons. The summed E-state index contributed by atoms with van der Waals surface area (Å²) in [5.74, 6) is -0.210. The monoisotopic (exact) mass is 317 g/mol. The van der Waals surface area contributed by atoms with E-state index in [0.29, 0.717) is 10.6 Å². The molecule has 0 aromatic carbocycles. The maximum atomic E-state index is 11.9. The van der Waals surface area contributed by atoms with E-state index in [1.54, 1.807) is 11.8 Å². The van der Waals surface area contributed by atoms with E-state index in [4.69, 9.17) is 17.0 Å². The average molecular weight is 317 g/mol. The maximum absolute atomic E-state index is 11.9. The van der Waals surface area contributed by atoms with E-state index < -0.39 is 5.31 Å². The number of H-pyrrole nitrogens is 1. The third-order valence-electron chi connectivity index (χ3n) is 2.28. The second-order valence-corrected chi connectivity index (χ2v) is 8.74. The highest BCUT2D eigenvalue weighted by Crippen LogP contribution is 2.39. The summed E-state index contributed by atoms with van der Waals surface area (Å²) in [6, 6.07) is 0. The lowest BCUT2D eigenvalue weighted by Crippen LogP contribution is -2.37. The summed E-state index contributed by atoms with van der Waals surface area (Å²) in [5, 5.41) is 6.25. The molecule has 0 bridgehead atoms. The quantitative estimate of drug-likeness (QED) is 0.377. The van der Waals surface area contributed by atoms with E-state index >= 15 is 0 Å². The van der Waals surface area contributed by atoms with Gasteiger partial charge in [0.15, 0.2) is 15.6 Å². The minimum Gasteiger partial charge on any atom is -0.466 e. The van der Waals surface area contributed by atoms with Gasteiger partial charge in [-0.2, -0.15) is 5.10 Å². The summed E-state index contributed by atoms with van der Waals surface area (Å²) in [7, 11) is 1.99. The fourth-order valence-corrected chi connectivity index (χ4v) is 4.50. The Hall–Kier alpha value is -0.335. The Kier molecular flexibility index (Phi) is 5.64. The van der Waals surface area contributed by atoms with Gasteiger partial charge in [0.2, 0.25) is 0 Å². The molecule has 0 saturated heterocycles. The van der Waals surface area contributed by atoms with E-state index in [1.807, 2.05) is 41.9 Å². The van der Waals surface area contributed by atoms with Gasteiger partial charge in [-0.3, -0.25) is 9.89 Å². The van der Waals surface area contributed by atoms with Crippen LogP contribution in [-0.2, 0) is 9.53 Å². The molecule has 8 heteroatoms. The predicted octanol–water partition coefficient (Wildman–Crippen LogP) is 3.49. The lowest BCUT2D eigenvalue weighted by molar-refractivity contribution is -0.145. The first kappa shape index (κ1) is 16.7. The van der Waals surface area contributed by atoms with Gasteiger partial charge in [0, 0.05) is 5.31 Å². The van der Waals surface area contributed by atoms with Crippen LogP contribution in [0.5, 0.6) is 0 Å². The zero-order valence-corrected chi connectivity index (χ0v) is 14.2. The molecule has 1 heterocycles. The zero-order chi connectivity index (χ0) is 14.7. The summed E-state index contributed by atoms with van der Waals surface area (Å²) >= 11 is 8.02. The van der Waals surface area contributed by atoms with Gasteiger partial charge >= 0.3 is 5.97 Å². The van der Waals surface area contributed by atoms with Crippen LogP contribution in [0.4, 0.5) is 0 Å². The van der Waals surface area contributed by atoms with Gasteiger partial charge in [-0.15, -0.1) is 0 Å². The minimum absolute atomic E-state index is 0.210. The van der Waals surface area contributed by atoms with Crippen molar-refractivity contribution in [3.05, 3.63) is 3.95 Å². The molecule has 19 heavy (non-hydrogen) atoms. The van der Waals surface area contributed by atoms with Gasteiger partial charge in [0.25, 0.3) is 0 Å². The van der Waals surface area contributed by atoms with Crippen LogP contribution in [-0.4, -0.2) is 34.7 Å². The molecule has 0 unspecified atom stereocenters. The Balaban J connectivity index is 2.72. The number of ether oxygens (including phenoxy) is 1. The normalized spacial score (nSPS) is 12.3. The number of rotatable bonds is 6. The van der Waals surface area contributed by atoms with Crippen molar-refractivity contribution in [2.45, 2.75) is 48.9 Å². The van der Waals surface area contributed by atoms with Crippen LogP contribution in [0.3, 0.4) is 0 Å². The van der Waals surface area contributed by atoms with Crippen molar-refractivity contribution in [3.8, 4) is 0 Å². The summed E-state index contributed by atoms with van der Waals surface area (Å²) in [5.41, 5.74) is 0. The summed E-state index contributed by atoms with van der Waals surface area (Å²) in [6.07, 6.45) is 0. The third kappa shape index (κ3) is 5.28. The Morgan fingerprint density at radius 1 is 1.53 bits per heavy atom. The number of carbonyl (C=O) groups is 1. The zero-order valence-electron chi connectivity index (χ0n) is 11.8. The van der Waals surface area contributed by atoms with Gasteiger partial charge in [-0.1, -0.05) is 50.8 Å². The van der Waals surface area contributed by atoms with Crippen LogP contribution in [0, 0.1) is 3.95 Å². The Morgan fingerprint density at radius 3 is 2.63 bits per heavy atom. The SMILES string of the molecule is CCOC(=O)C(C)(C)[B]C(C)(C)Sc1n[nH]c(=S)s1. The molecule has 0 aliphatic rings. The molecule has 0 atom stereocenters. The largest absolute Gasteiger partial charge is 0.466 e. The molecule has 0 spiro atoms. The molecule has 0 aliphatic carbocycles. The molecule has 1 aromatic rings. The number of aromatic amines is 1. The van der Waals surface area contributed by atoms with E-state index in [2.05, 4.69) is 10.2 Å². The molecule has 0 aliphatic heterocycles. The van der Waals surface area contributed by atoms with Crippen molar-refractivity contribution in [2.75, 3.05) is 6.61 Å². The van der Waals surface area contributed by atoms with E-state index in [9.17, 15) is 4.79 Å². The molecule has 0 fully saturated rings. The first-order chi connectivity index (χ1) is 8.66. The maximum Gasteiger partial charge on any atom is 0.303 e. The number of hydrogen-bond acceptors (Lipinski definition) is 6. The van der Waals surface area contributed by atoms with E-state index in [1.165, 1.54) is 11.3 Å². The average Bonchev–Trinajstić information content (AvgIpc) is 2.61. The summed E-state index contributed by atoms with van der Waals surface area (Å²) in [6.45, 7) is 10.0. The standard InChI is InChI=1S/C11H18BN2O2S3/c1-6-16-7(15)10(2,3)12-11(4,5)19-9-14-13-8(17)18-9/h6H2,1-5H3,(H,13,17). The minimum atomic E-state index is -0.635. The van der Waals surface area contributed by atoms with Crippen molar-refractivity contribution >= 4 is 48.6 Å². The van der Waals surface area contributed by atoms with Gasteiger partial charge < -0.3 is 4.74 Å². The fourth-order valence-electron chi connectivity index (χ4n) is 1.76. The second kappa shape index (κ2) is 6.41. The molecule has 1 N–H and O–H groups in total. The molecular weight excluding hydrogens is 299 g/mol. The van der Waals surface area contributed by atoms with Crippen LogP contribution in [0.15, 0.2) is 4.34 Å². The van der Waals surface area contributed by atoms with Crippen molar-refractivity contribution in [3.63, 3.8) is 0 Å². The number of esters is 1. The number of aromatic nitrogens is 2. The summed E-state index contributed by atoms with van der Waals surface area (Å²) < 4.78 is 6.37. The highest BCUT2D eigenvalue weighted by molar-refractivity contribution is 8.03. The van der Waals surface area contributed by atoms with Crippen LogP contribution < -0.4 is 0 Å².